The lowest BCUT2D eigenvalue weighted by atomic mass is 10.1. The Labute approximate surface area is 69.8 Å². The van der Waals surface area contributed by atoms with E-state index in [0.29, 0.717) is 5.69 Å². The van der Waals surface area contributed by atoms with Crippen LogP contribution in [0.2, 0.25) is 0 Å². The van der Waals surface area contributed by atoms with Crippen molar-refractivity contribution in [3.8, 4) is 0 Å². The minimum absolute atomic E-state index is 0.0348. The SMILES string of the molecule is C=Nc1cccc(C(C)(F)F)c1. The molecule has 64 valence electrons. The molecule has 1 nitrogen and oxygen atoms in total. The van der Waals surface area contributed by atoms with Crippen molar-refractivity contribution in [3.63, 3.8) is 0 Å². The molecular formula is C9H9F2N. The fourth-order valence-electron chi connectivity index (χ4n) is 0.877. The van der Waals surface area contributed by atoms with Gasteiger partial charge in [0.05, 0.1) is 5.69 Å². The molecule has 0 unspecified atom stereocenters. The van der Waals surface area contributed by atoms with Gasteiger partial charge in [0.25, 0.3) is 5.92 Å². The first-order valence-electron chi connectivity index (χ1n) is 3.49. The summed E-state index contributed by atoms with van der Waals surface area (Å²) < 4.78 is 25.4. The molecule has 0 saturated carbocycles. The molecule has 0 aromatic heterocycles. The lowest BCUT2D eigenvalue weighted by molar-refractivity contribution is 0.0175. The number of nitrogens with zero attached hydrogens (tertiary/aromatic N) is 1. The van der Waals surface area contributed by atoms with Gasteiger partial charge in [-0.1, -0.05) is 12.1 Å². The monoisotopic (exact) mass is 169 g/mol. The van der Waals surface area contributed by atoms with Crippen LogP contribution in [0.5, 0.6) is 0 Å². The summed E-state index contributed by atoms with van der Waals surface area (Å²) in [4.78, 5) is 3.56. The quantitative estimate of drug-likeness (QED) is 0.603. The Kier molecular flexibility index (Phi) is 2.22. The average Bonchev–Trinajstić information content (AvgIpc) is 2.03. The van der Waals surface area contributed by atoms with Gasteiger partial charge in [-0.3, -0.25) is 4.99 Å². The highest BCUT2D eigenvalue weighted by molar-refractivity contribution is 5.47. The van der Waals surface area contributed by atoms with E-state index in [-0.39, 0.29) is 5.56 Å². The van der Waals surface area contributed by atoms with E-state index in [2.05, 4.69) is 11.7 Å². The number of hydrogen-bond donors (Lipinski definition) is 0. The zero-order chi connectivity index (χ0) is 9.19. The molecule has 1 rings (SSSR count). The van der Waals surface area contributed by atoms with Crippen LogP contribution in [0, 0.1) is 0 Å². The summed E-state index contributed by atoms with van der Waals surface area (Å²) in [5, 5.41) is 0. The molecule has 3 heteroatoms. The van der Waals surface area contributed by atoms with Crippen molar-refractivity contribution in [1.29, 1.82) is 0 Å². The van der Waals surface area contributed by atoms with E-state index in [0.717, 1.165) is 6.92 Å². The second-order valence-electron chi connectivity index (χ2n) is 2.60. The van der Waals surface area contributed by atoms with Crippen LogP contribution < -0.4 is 0 Å². The van der Waals surface area contributed by atoms with Crippen molar-refractivity contribution in [1.82, 2.24) is 0 Å². The smallest absolute Gasteiger partial charge is 0.265 e. The third kappa shape index (κ3) is 1.87. The van der Waals surface area contributed by atoms with E-state index < -0.39 is 5.92 Å². The summed E-state index contributed by atoms with van der Waals surface area (Å²) in [6, 6.07) is 5.86. The summed E-state index contributed by atoms with van der Waals surface area (Å²) in [6.07, 6.45) is 0. The standard InChI is InChI=1S/C9H9F2N/c1-9(10,11)7-4-3-5-8(6-7)12-2/h3-6H,2H2,1H3. The molecule has 1 aromatic rings. The molecular weight excluding hydrogens is 160 g/mol. The van der Waals surface area contributed by atoms with Gasteiger partial charge in [-0.05, 0) is 18.9 Å². The van der Waals surface area contributed by atoms with E-state index in [4.69, 9.17) is 0 Å². The highest BCUT2D eigenvalue weighted by atomic mass is 19.3. The summed E-state index contributed by atoms with van der Waals surface area (Å²) in [5.74, 6) is -2.80. The summed E-state index contributed by atoms with van der Waals surface area (Å²) in [6.45, 7) is 4.12. The zero-order valence-electron chi connectivity index (χ0n) is 6.72. The highest BCUT2D eigenvalue weighted by Gasteiger charge is 2.23. The Hall–Kier alpha value is -1.25. The second-order valence-corrected chi connectivity index (χ2v) is 2.60. The van der Waals surface area contributed by atoms with Gasteiger partial charge in [0.1, 0.15) is 0 Å². The Morgan fingerprint density at radius 3 is 2.58 bits per heavy atom. The summed E-state index contributed by atoms with van der Waals surface area (Å²) in [7, 11) is 0. The maximum absolute atomic E-state index is 12.7. The first-order valence-corrected chi connectivity index (χ1v) is 3.49. The van der Waals surface area contributed by atoms with E-state index >= 15 is 0 Å². The number of halogens is 2. The van der Waals surface area contributed by atoms with Crippen LogP contribution in [-0.2, 0) is 5.92 Å². The summed E-state index contributed by atoms with van der Waals surface area (Å²) in [5.41, 5.74) is 0.432. The van der Waals surface area contributed by atoms with Crippen LogP contribution in [0.3, 0.4) is 0 Å². The Morgan fingerprint density at radius 2 is 2.08 bits per heavy atom. The third-order valence-corrected chi connectivity index (χ3v) is 1.54. The predicted octanol–water partition coefficient (Wildman–Crippen LogP) is 3.13. The molecule has 0 spiro atoms. The normalized spacial score (nSPS) is 11.2. The first kappa shape index (κ1) is 8.84. The number of aliphatic imine (C=N–C) groups is 1. The van der Waals surface area contributed by atoms with Crippen LogP contribution in [0.4, 0.5) is 14.5 Å². The van der Waals surface area contributed by atoms with Crippen molar-refractivity contribution in [2.24, 2.45) is 4.99 Å². The lowest BCUT2D eigenvalue weighted by Crippen LogP contribution is -2.05. The van der Waals surface area contributed by atoms with Crippen LogP contribution in [0.25, 0.3) is 0 Å². The largest absolute Gasteiger partial charge is 0.270 e. The predicted molar refractivity (Wildman–Crippen MR) is 45.2 cm³/mol. The Morgan fingerprint density at radius 1 is 1.42 bits per heavy atom. The van der Waals surface area contributed by atoms with E-state index in [1.54, 1.807) is 6.07 Å². The Bertz CT molecular complexity index is 289. The second kappa shape index (κ2) is 3.01. The van der Waals surface area contributed by atoms with Gasteiger partial charge >= 0.3 is 0 Å². The number of alkyl halides is 2. The molecule has 1 aromatic carbocycles. The molecule has 0 heterocycles. The maximum atomic E-state index is 12.7. The maximum Gasteiger partial charge on any atom is 0.270 e. The molecule has 0 saturated heterocycles. The molecule has 0 amide bonds. The van der Waals surface area contributed by atoms with Crippen molar-refractivity contribution in [2.45, 2.75) is 12.8 Å². The average molecular weight is 169 g/mol. The minimum Gasteiger partial charge on any atom is -0.265 e. The van der Waals surface area contributed by atoms with E-state index in [1.807, 2.05) is 0 Å². The highest BCUT2D eigenvalue weighted by Crippen LogP contribution is 2.28. The van der Waals surface area contributed by atoms with Crippen LogP contribution in [-0.4, -0.2) is 6.72 Å². The molecule has 0 aliphatic rings. The topological polar surface area (TPSA) is 12.4 Å². The number of rotatable bonds is 2. The first-order chi connectivity index (χ1) is 5.54. The van der Waals surface area contributed by atoms with Gasteiger partial charge in [0, 0.05) is 12.5 Å². The van der Waals surface area contributed by atoms with Crippen molar-refractivity contribution >= 4 is 12.4 Å². The fourth-order valence-corrected chi connectivity index (χ4v) is 0.877. The summed E-state index contributed by atoms with van der Waals surface area (Å²) >= 11 is 0. The number of benzene rings is 1. The van der Waals surface area contributed by atoms with Gasteiger partial charge in [-0.2, -0.15) is 0 Å². The number of hydrogen-bond acceptors (Lipinski definition) is 1. The Balaban J connectivity index is 3.10. The van der Waals surface area contributed by atoms with E-state index in [1.165, 1.54) is 18.2 Å². The van der Waals surface area contributed by atoms with Crippen molar-refractivity contribution in [2.75, 3.05) is 0 Å². The molecule has 0 aliphatic carbocycles. The van der Waals surface area contributed by atoms with Crippen LogP contribution in [0.15, 0.2) is 29.3 Å². The van der Waals surface area contributed by atoms with Crippen molar-refractivity contribution in [3.05, 3.63) is 29.8 Å². The third-order valence-electron chi connectivity index (χ3n) is 1.54. The van der Waals surface area contributed by atoms with Crippen LogP contribution >= 0.6 is 0 Å². The van der Waals surface area contributed by atoms with Crippen LogP contribution in [0.1, 0.15) is 12.5 Å². The molecule has 0 fully saturated rings. The van der Waals surface area contributed by atoms with Gasteiger partial charge in [0.15, 0.2) is 0 Å². The van der Waals surface area contributed by atoms with Crippen molar-refractivity contribution < 1.29 is 8.78 Å². The van der Waals surface area contributed by atoms with Gasteiger partial charge < -0.3 is 0 Å². The molecule has 12 heavy (non-hydrogen) atoms. The molecule has 0 atom stereocenters. The molecule has 0 aliphatic heterocycles. The van der Waals surface area contributed by atoms with Gasteiger partial charge in [-0.15, -0.1) is 0 Å². The minimum atomic E-state index is -2.80. The fraction of sp³-hybridized carbons (Fsp3) is 0.222. The zero-order valence-corrected chi connectivity index (χ0v) is 6.72. The molecule has 0 N–H and O–H groups in total. The molecule has 0 bridgehead atoms. The van der Waals surface area contributed by atoms with Gasteiger partial charge in [0.2, 0.25) is 0 Å². The van der Waals surface area contributed by atoms with Gasteiger partial charge in [-0.25, -0.2) is 8.78 Å². The lowest BCUT2D eigenvalue weighted by Gasteiger charge is -2.09. The molecule has 0 radical (unpaired) electrons. The van der Waals surface area contributed by atoms with E-state index in [9.17, 15) is 8.78 Å².